The van der Waals surface area contributed by atoms with Gasteiger partial charge in [-0.05, 0) is 17.7 Å². The van der Waals surface area contributed by atoms with Crippen molar-refractivity contribution in [2.75, 3.05) is 5.73 Å². The van der Waals surface area contributed by atoms with Crippen LogP contribution in [-0.4, -0.2) is 19.4 Å². The molecule has 0 atom stereocenters. The Morgan fingerprint density at radius 1 is 1.06 bits per heavy atom. The molecular formula is C11H9N5. The Morgan fingerprint density at radius 2 is 1.88 bits per heavy atom. The molecule has 3 aromatic rings. The minimum Gasteiger partial charge on any atom is -0.369 e. The molecule has 0 aliphatic heterocycles. The van der Waals surface area contributed by atoms with Gasteiger partial charge in [-0.1, -0.05) is 0 Å². The first-order chi connectivity index (χ1) is 7.86. The molecule has 3 aromatic heterocycles. The molecule has 0 aliphatic rings. The first-order valence-corrected chi connectivity index (χ1v) is 4.83. The van der Waals surface area contributed by atoms with Crippen LogP contribution >= 0.6 is 0 Å². The summed E-state index contributed by atoms with van der Waals surface area (Å²) in [5.41, 5.74) is 8.73. The van der Waals surface area contributed by atoms with E-state index in [0.717, 1.165) is 16.6 Å². The third-order valence-corrected chi connectivity index (χ3v) is 2.48. The summed E-state index contributed by atoms with van der Waals surface area (Å²) in [4.78, 5) is 12.2. The van der Waals surface area contributed by atoms with E-state index in [9.17, 15) is 0 Å². The number of pyridine rings is 1. The third kappa shape index (κ3) is 1.22. The number of fused-ring (bicyclic) bond motifs is 1. The Kier molecular flexibility index (Phi) is 1.83. The number of rotatable bonds is 1. The molecule has 0 aromatic carbocycles. The van der Waals surface area contributed by atoms with Gasteiger partial charge < -0.3 is 5.73 Å². The molecule has 5 heteroatoms. The van der Waals surface area contributed by atoms with E-state index in [1.165, 1.54) is 0 Å². The molecule has 0 saturated carbocycles. The van der Waals surface area contributed by atoms with E-state index in [1.54, 1.807) is 35.5 Å². The zero-order chi connectivity index (χ0) is 11.0. The van der Waals surface area contributed by atoms with Crippen LogP contribution in [0.5, 0.6) is 0 Å². The number of hydrogen-bond acceptors (Lipinski definition) is 4. The van der Waals surface area contributed by atoms with Crippen molar-refractivity contribution in [1.29, 1.82) is 0 Å². The first kappa shape index (κ1) is 8.84. The monoisotopic (exact) mass is 211 g/mol. The van der Waals surface area contributed by atoms with Gasteiger partial charge in [0.2, 0.25) is 5.95 Å². The van der Waals surface area contributed by atoms with Gasteiger partial charge >= 0.3 is 0 Å². The Morgan fingerprint density at radius 3 is 2.69 bits per heavy atom. The summed E-state index contributed by atoms with van der Waals surface area (Å²) in [5, 5.41) is 0. The highest BCUT2D eigenvalue weighted by molar-refractivity contribution is 5.79. The standard InChI is InChI=1S/C11H9N5/c12-11-15-5-9(8-1-3-13-4-2-8)10-6-14-7-16(10)11/h1-7H,(H2,12,15). The summed E-state index contributed by atoms with van der Waals surface area (Å²) in [6.45, 7) is 0. The van der Waals surface area contributed by atoms with Crippen LogP contribution in [0.2, 0.25) is 0 Å². The summed E-state index contributed by atoms with van der Waals surface area (Å²) in [7, 11) is 0. The van der Waals surface area contributed by atoms with Crippen LogP contribution in [0, 0.1) is 0 Å². The van der Waals surface area contributed by atoms with Crippen LogP contribution in [0.1, 0.15) is 0 Å². The Balaban J connectivity index is 2.33. The second-order valence-electron chi connectivity index (χ2n) is 3.41. The van der Waals surface area contributed by atoms with Crippen molar-refractivity contribution in [3.8, 4) is 11.1 Å². The molecule has 3 heterocycles. The number of aromatic nitrogens is 4. The van der Waals surface area contributed by atoms with E-state index in [-0.39, 0.29) is 0 Å². The van der Waals surface area contributed by atoms with Gasteiger partial charge in [-0.3, -0.25) is 9.38 Å². The molecule has 3 rings (SSSR count). The molecule has 0 amide bonds. The van der Waals surface area contributed by atoms with E-state index in [1.807, 2.05) is 12.1 Å². The fraction of sp³-hybridized carbons (Fsp3) is 0. The van der Waals surface area contributed by atoms with E-state index in [2.05, 4.69) is 15.0 Å². The van der Waals surface area contributed by atoms with Gasteiger partial charge in [-0.2, -0.15) is 0 Å². The summed E-state index contributed by atoms with van der Waals surface area (Å²) in [5.74, 6) is 0.435. The van der Waals surface area contributed by atoms with Crippen molar-refractivity contribution < 1.29 is 0 Å². The lowest BCUT2D eigenvalue weighted by atomic mass is 10.1. The lowest BCUT2D eigenvalue weighted by molar-refractivity contribution is 1.09. The van der Waals surface area contributed by atoms with Gasteiger partial charge in [-0.25, -0.2) is 9.97 Å². The van der Waals surface area contributed by atoms with Gasteiger partial charge in [0.15, 0.2) is 0 Å². The number of imidazole rings is 1. The number of hydrogen-bond donors (Lipinski definition) is 1. The van der Waals surface area contributed by atoms with Crippen molar-refractivity contribution in [3.05, 3.63) is 43.2 Å². The molecule has 0 spiro atoms. The highest BCUT2D eigenvalue weighted by Crippen LogP contribution is 2.23. The quantitative estimate of drug-likeness (QED) is 0.660. The molecule has 0 fully saturated rings. The molecule has 0 unspecified atom stereocenters. The molecule has 0 radical (unpaired) electrons. The number of nitrogen functional groups attached to an aromatic ring is 1. The summed E-state index contributed by atoms with van der Waals surface area (Å²) < 4.78 is 1.76. The minimum absolute atomic E-state index is 0.435. The maximum absolute atomic E-state index is 5.75. The predicted octanol–water partition coefficient (Wildman–Crippen LogP) is 1.37. The molecular weight excluding hydrogens is 202 g/mol. The summed E-state index contributed by atoms with van der Waals surface area (Å²) in [6.07, 6.45) is 8.68. The van der Waals surface area contributed by atoms with Gasteiger partial charge in [-0.15, -0.1) is 0 Å². The number of nitrogens with zero attached hydrogens (tertiary/aromatic N) is 4. The topological polar surface area (TPSA) is 69.1 Å². The van der Waals surface area contributed by atoms with Gasteiger partial charge in [0.1, 0.15) is 6.33 Å². The SMILES string of the molecule is Nc1ncc(-c2ccncc2)c2cncn12. The molecule has 0 saturated heterocycles. The van der Waals surface area contributed by atoms with Crippen molar-refractivity contribution in [2.45, 2.75) is 0 Å². The molecule has 16 heavy (non-hydrogen) atoms. The van der Waals surface area contributed by atoms with Gasteiger partial charge in [0.25, 0.3) is 0 Å². The van der Waals surface area contributed by atoms with Crippen molar-refractivity contribution in [3.63, 3.8) is 0 Å². The zero-order valence-corrected chi connectivity index (χ0v) is 8.41. The molecule has 0 aliphatic carbocycles. The van der Waals surface area contributed by atoms with Crippen LogP contribution in [0.4, 0.5) is 5.95 Å². The molecule has 0 bridgehead atoms. The van der Waals surface area contributed by atoms with Crippen LogP contribution in [0.25, 0.3) is 16.6 Å². The van der Waals surface area contributed by atoms with Crippen LogP contribution in [0.3, 0.4) is 0 Å². The second kappa shape index (κ2) is 3.30. The number of nitrogens with two attached hydrogens (primary N) is 1. The van der Waals surface area contributed by atoms with Gasteiger partial charge in [0, 0.05) is 24.2 Å². The van der Waals surface area contributed by atoms with E-state index >= 15 is 0 Å². The van der Waals surface area contributed by atoms with Gasteiger partial charge in [0.05, 0.1) is 11.7 Å². The maximum atomic E-state index is 5.75. The van der Waals surface area contributed by atoms with Crippen molar-refractivity contribution in [1.82, 2.24) is 19.4 Å². The largest absolute Gasteiger partial charge is 0.369 e. The summed E-state index contributed by atoms with van der Waals surface area (Å²) in [6, 6.07) is 3.86. The smallest absolute Gasteiger partial charge is 0.206 e. The van der Waals surface area contributed by atoms with Crippen LogP contribution in [0.15, 0.2) is 43.2 Å². The third-order valence-electron chi connectivity index (χ3n) is 2.48. The predicted molar refractivity (Wildman–Crippen MR) is 60.6 cm³/mol. The Labute approximate surface area is 91.6 Å². The Hall–Kier alpha value is -2.43. The fourth-order valence-electron chi connectivity index (χ4n) is 1.69. The second-order valence-corrected chi connectivity index (χ2v) is 3.41. The van der Waals surface area contributed by atoms with Crippen molar-refractivity contribution >= 4 is 11.5 Å². The highest BCUT2D eigenvalue weighted by Gasteiger charge is 2.06. The molecule has 5 nitrogen and oxygen atoms in total. The molecule has 78 valence electrons. The average Bonchev–Trinajstić information content (AvgIpc) is 2.81. The molecule has 2 N–H and O–H groups in total. The van der Waals surface area contributed by atoms with Crippen molar-refractivity contribution in [2.24, 2.45) is 0 Å². The lowest BCUT2D eigenvalue weighted by Gasteiger charge is -2.05. The first-order valence-electron chi connectivity index (χ1n) is 4.83. The highest BCUT2D eigenvalue weighted by atomic mass is 15.1. The minimum atomic E-state index is 0.435. The average molecular weight is 211 g/mol. The lowest BCUT2D eigenvalue weighted by Crippen LogP contribution is -1.99. The van der Waals surface area contributed by atoms with E-state index < -0.39 is 0 Å². The fourth-order valence-corrected chi connectivity index (χ4v) is 1.69. The number of anilines is 1. The van der Waals surface area contributed by atoms with Crippen LogP contribution < -0.4 is 5.73 Å². The van der Waals surface area contributed by atoms with E-state index in [4.69, 9.17) is 5.73 Å². The summed E-state index contributed by atoms with van der Waals surface area (Å²) >= 11 is 0. The van der Waals surface area contributed by atoms with E-state index in [0.29, 0.717) is 5.95 Å². The van der Waals surface area contributed by atoms with Crippen LogP contribution in [-0.2, 0) is 0 Å². The maximum Gasteiger partial charge on any atom is 0.206 e. The Bertz CT molecular complexity index is 629. The zero-order valence-electron chi connectivity index (χ0n) is 8.41. The normalized spacial score (nSPS) is 10.8.